The Balaban J connectivity index is 1.64. The van der Waals surface area contributed by atoms with E-state index in [1.807, 2.05) is 0 Å². The minimum absolute atomic E-state index is 0.266. The molecule has 0 radical (unpaired) electrons. The van der Waals surface area contributed by atoms with Crippen molar-refractivity contribution in [3.63, 3.8) is 0 Å². The number of benzene rings is 1. The van der Waals surface area contributed by atoms with Gasteiger partial charge in [-0.3, -0.25) is 4.79 Å². The van der Waals surface area contributed by atoms with Crippen LogP contribution in [0.15, 0.2) is 49.2 Å². The van der Waals surface area contributed by atoms with Gasteiger partial charge in [0.25, 0.3) is 5.91 Å². The fourth-order valence-corrected chi connectivity index (χ4v) is 2.32. The molecule has 3 aromatic rings. The van der Waals surface area contributed by atoms with Crippen LogP contribution in [-0.2, 0) is 4.79 Å². The molecule has 0 saturated carbocycles. The molecule has 3 rings (SSSR count). The predicted molar refractivity (Wildman–Crippen MR) is 94.3 cm³/mol. The van der Waals surface area contributed by atoms with Crippen molar-refractivity contribution in [2.75, 3.05) is 5.32 Å². The van der Waals surface area contributed by atoms with Crippen LogP contribution in [0.2, 0.25) is 10.0 Å². The molecule has 0 aliphatic heterocycles. The molecule has 1 aromatic carbocycles. The number of nitrogens with one attached hydrogen (secondary N) is 1. The zero-order valence-corrected chi connectivity index (χ0v) is 14.6. The molecule has 2 heterocycles. The van der Waals surface area contributed by atoms with Crippen molar-refractivity contribution >= 4 is 34.8 Å². The maximum atomic E-state index is 12.3. The molecule has 25 heavy (non-hydrogen) atoms. The van der Waals surface area contributed by atoms with Crippen molar-refractivity contribution in [2.24, 2.45) is 0 Å². The van der Waals surface area contributed by atoms with E-state index in [2.05, 4.69) is 20.4 Å². The molecular weight excluding hydrogens is 365 g/mol. The third-order valence-corrected chi connectivity index (χ3v) is 4.06. The molecule has 0 spiro atoms. The maximum Gasteiger partial charge on any atom is 0.265 e. The first-order chi connectivity index (χ1) is 12.0. The Labute approximate surface area is 153 Å². The average molecular weight is 378 g/mol. The fourth-order valence-electron chi connectivity index (χ4n) is 1.98. The Morgan fingerprint density at radius 2 is 2.12 bits per heavy atom. The highest BCUT2D eigenvalue weighted by molar-refractivity contribution is 6.42. The number of halogens is 2. The Bertz CT molecular complexity index is 869. The van der Waals surface area contributed by atoms with Crippen LogP contribution in [0.4, 0.5) is 5.69 Å². The van der Waals surface area contributed by atoms with E-state index in [1.54, 1.807) is 37.3 Å². The summed E-state index contributed by atoms with van der Waals surface area (Å²) in [4.78, 5) is 20.3. The molecule has 0 aliphatic rings. The van der Waals surface area contributed by atoms with E-state index in [-0.39, 0.29) is 10.9 Å². The number of hydrogen-bond donors (Lipinski definition) is 1. The zero-order valence-electron chi connectivity index (χ0n) is 13.1. The van der Waals surface area contributed by atoms with Crippen LogP contribution in [0.3, 0.4) is 0 Å². The zero-order chi connectivity index (χ0) is 17.8. The van der Waals surface area contributed by atoms with E-state index in [0.717, 1.165) is 0 Å². The van der Waals surface area contributed by atoms with Crippen LogP contribution < -0.4 is 10.1 Å². The van der Waals surface area contributed by atoms with Gasteiger partial charge in [0, 0.05) is 0 Å². The van der Waals surface area contributed by atoms with Crippen molar-refractivity contribution < 1.29 is 9.53 Å². The molecule has 2 aromatic heterocycles. The Morgan fingerprint density at radius 3 is 2.80 bits per heavy atom. The van der Waals surface area contributed by atoms with Gasteiger partial charge in [0.05, 0.1) is 16.9 Å². The highest BCUT2D eigenvalue weighted by atomic mass is 35.5. The van der Waals surface area contributed by atoms with Gasteiger partial charge in [0.15, 0.2) is 11.9 Å². The van der Waals surface area contributed by atoms with Gasteiger partial charge < -0.3 is 10.1 Å². The van der Waals surface area contributed by atoms with Gasteiger partial charge in [-0.15, -0.1) is 0 Å². The summed E-state index contributed by atoms with van der Waals surface area (Å²) in [6, 6.07) is 8.40. The molecule has 9 heteroatoms. The third kappa shape index (κ3) is 4.07. The number of nitrogens with zero attached hydrogens (tertiary/aromatic N) is 4. The number of pyridine rings is 1. The second-order valence-electron chi connectivity index (χ2n) is 5.05. The van der Waals surface area contributed by atoms with Crippen molar-refractivity contribution in [1.29, 1.82) is 0 Å². The maximum absolute atomic E-state index is 12.3. The van der Waals surface area contributed by atoms with E-state index in [1.165, 1.54) is 23.5 Å². The van der Waals surface area contributed by atoms with Crippen LogP contribution in [0, 0.1) is 0 Å². The molecule has 128 valence electrons. The van der Waals surface area contributed by atoms with Crippen molar-refractivity contribution in [1.82, 2.24) is 19.7 Å². The summed E-state index contributed by atoms with van der Waals surface area (Å²) in [6.07, 6.45) is 3.70. The Morgan fingerprint density at radius 1 is 1.28 bits per heavy atom. The number of amides is 1. The highest BCUT2D eigenvalue weighted by Gasteiger charge is 2.17. The molecule has 1 atom stereocenters. The number of aromatic nitrogens is 4. The topological polar surface area (TPSA) is 81.9 Å². The van der Waals surface area contributed by atoms with Gasteiger partial charge in [-0.2, -0.15) is 5.10 Å². The van der Waals surface area contributed by atoms with Crippen LogP contribution in [-0.4, -0.2) is 31.8 Å². The van der Waals surface area contributed by atoms with Crippen LogP contribution in [0.5, 0.6) is 5.75 Å². The first-order valence-electron chi connectivity index (χ1n) is 7.27. The SMILES string of the molecule is CC(Oc1cccc(Cl)c1Cl)C(=O)Nc1ccc(-n2cncn2)nc1. The molecule has 1 amide bonds. The highest BCUT2D eigenvalue weighted by Crippen LogP contribution is 2.32. The van der Waals surface area contributed by atoms with E-state index in [0.29, 0.717) is 22.3 Å². The molecule has 1 N–H and O–H groups in total. The Hall–Kier alpha value is -2.64. The quantitative estimate of drug-likeness (QED) is 0.736. The normalized spacial score (nSPS) is 11.8. The summed E-state index contributed by atoms with van der Waals surface area (Å²) in [7, 11) is 0. The van der Waals surface area contributed by atoms with E-state index < -0.39 is 6.10 Å². The van der Waals surface area contributed by atoms with Crippen molar-refractivity contribution in [3.8, 4) is 11.6 Å². The molecule has 7 nitrogen and oxygen atoms in total. The van der Waals surface area contributed by atoms with E-state index >= 15 is 0 Å². The van der Waals surface area contributed by atoms with Crippen LogP contribution >= 0.6 is 23.2 Å². The number of carbonyl (C=O) groups excluding carboxylic acids is 1. The lowest BCUT2D eigenvalue weighted by Crippen LogP contribution is -2.30. The van der Waals surface area contributed by atoms with Crippen molar-refractivity contribution in [2.45, 2.75) is 13.0 Å². The fraction of sp³-hybridized carbons (Fsp3) is 0.125. The van der Waals surface area contributed by atoms with Crippen LogP contribution in [0.25, 0.3) is 5.82 Å². The molecule has 0 saturated heterocycles. The van der Waals surface area contributed by atoms with E-state index in [9.17, 15) is 4.79 Å². The van der Waals surface area contributed by atoms with Crippen LogP contribution in [0.1, 0.15) is 6.92 Å². The second kappa shape index (κ2) is 7.50. The average Bonchev–Trinajstić information content (AvgIpc) is 3.14. The molecule has 1 unspecified atom stereocenters. The first kappa shape index (κ1) is 17.2. The molecular formula is C16H13Cl2N5O2. The van der Waals surface area contributed by atoms with E-state index in [4.69, 9.17) is 27.9 Å². The monoisotopic (exact) mass is 377 g/mol. The minimum atomic E-state index is -0.772. The lowest BCUT2D eigenvalue weighted by molar-refractivity contribution is -0.122. The number of anilines is 1. The summed E-state index contributed by atoms with van der Waals surface area (Å²) in [6.45, 7) is 1.61. The summed E-state index contributed by atoms with van der Waals surface area (Å²) in [5, 5.41) is 7.33. The van der Waals surface area contributed by atoms with Crippen molar-refractivity contribution in [3.05, 3.63) is 59.2 Å². The largest absolute Gasteiger partial charge is 0.479 e. The van der Waals surface area contributed by atoms with Gasteiger partial charge in [-0.05, 0) is 31.2 Å². The van der Waals surface area contributed by atoms with Gasteiger partial charge in [-0.1, -0.05) is 29.3 Å². The predicted octanol–water partition coefficient (Wildman–Crippen LogP) is 3.38. The minimum Gasteiger partial charge on any atom is -0.479 e. The summed E-state index contributed by atoms with van der Waals surface area (Å²) in [5.74, 6) is 0.591. The summed E-state index contributed by atoms with van der Waals surface area (Å²) in [5.41, 5.74) is 0.529. The second-order valence-corrected chi connectivity index (χ2v) is 5.83. The van der Waals surface area contributed by atoms with Gasteiger partial charge in [0.1, 0.15) is 23.4 Å². The standard InChI is InChI=1S/C16H13Cl2N5O2/c1-10(25-13-4-2-3-12(17)15(13)18)16(24)22-11-5-6-14(20-7-11)23-9-19-8-21-23/h2-10H,1H3,(H,22,24). The molecule has 0 fully saturated rings. The Kier molecular flexibility index (Phi) is 5.16. The lowest BCUT2D eigenvalue weighted by Gasteiger charge is -2.16. The number of rotatable bonds is 5. The number of carbonyl (C=O) groups is 1. The third-order valence-electron chi connectivity index (χ3n) is 3.26. The van der Waals surface area contributed by atoms with Gasteiger partial charge in [-0.25, -0.2) is 14.6 Å². The van der Waals surface area contributed by atoms with Gasteiger partial charge in [0.2, 0.25) is 0 Å². The molecule has 0 bridgehead atoms. The smallest absolute Gasteiger partial charge is 0.265 e. The number of ether oxygens (including phenoxy) is 1. The van der Waals surface area contributed by atoms with Gasteiger partial charge >= 0.3 is 0 Å². The first-order valence-corrected chi connectivity index (χ1v) is 8.03. The number of hydrogen-bond acceptors (Lipinski definition) is 5. The lowest BCUT2D eigenvalue weighted by atomic mass is 10.3. The molecule has 0 aliphatic carbocycles. The summed E-state index contributed by atoms with van der Waals surface area (Å²) >= 11 is 12.0. The summed E-state index contributed by atoms with van der Waals surface area (Å²) < 4.78 is 7.08.